The summed E-state index contributed by atoms with van der Waals surface area (Å²) in [5.74, 6) is 0.274. The Morgan fingerprint density at radius 2 is 1.79 bits per heavy atom. The number of aromatic nitrogens is 2. The molecule has 0 radical (unpaired) electrons. The normalized spacial score (nSPS) is 16.5. The average Bonchev–Trinajstić information content (AvgIpc) is 3.12. The highest BCUT2D eigenvalue weighted by atomic mass is 35.5. The summed E-state index contributed by atoms with van der Waals surface area (Å²) in [6.45, 7) is 1.43. The number of amides is 1. The Bertz CT molecular complexity index is 1030. The predicted octanol–water partition coefficient (Wildman–Crippen LogP) is 4.60. The van der Waals surface area contributed by atoms with Gasteiger partial charge in [-0.1, -0.05) is 29.8 Å². The zero-order valence-corrected chi connectivity index (χ0v) is 16.7. The van der Waals surface area contributed by atoms with Gasteiger partial charge < -0.3 is 4.90 Å². The van der Waals surface area contributed by atoms with Gasteiger partial charge in [0.1, 0.15) is 5.82 Å². The number of benzene rings is 2. The van der Waals surface area contributed by atoms with E-state index in [1.807, 2.05) is 6.92 Å². The molecule has 1 amide bonds. The van der Waals surface area contributed by atoms with E-state index in [9.17, 15) is 13.6 Å². The van der Waals surface area contributed by atoms with Crippen LogP contribution in [-0.4, -0.2) is 51.4 Å². The van der Waals surface area contributed by atoms with E-state index in [2.05, 4.69) is 9.88 Å². The van der Waals surface area contributed by atoms with Crippen molar-refractivity contribution in [2.24, 2.45) is 0 Å². The quantitative estimate of drug-likeness (QED) is 0.621. The van der Waals surface area contributed by atoms with Gasteiger partial charge in [-0.05, 0) is 37.3 Å². The highest BCUT2D eigenvalue weighted by molar-refractivity contribution is 6.30. The molecule has 1 saturated heterocycles. The number of hydrogen-bond acceptors (Lipinski definition) is 3. The van der Waals surface area contributed by atoms with Gasteiger partial charge in [-0.25, -0.2) is 4.98 Å². The van der Waals surface area contributed by atoms with E-state index in [4.69, 9.17) is 11.6 Å². The molecule has 1 fully saturated rings. The van der Waals surface area contributed by atoms with Gasteiger partial charge >= 0.3 is 6.55 Å². The lowest BCUT2D eigenvalue weighted by Gasteiger charge is -2.37. The van der Waals surface area contributed by atoms with Crippen molar-refractivity contribution in [1.29, 1.82) is 0 Å². The number of nitrogens with zero attached hydrogens (tertiary/aromatic N) is 4. The van der Waals surface area contributed by atoms with Crippen molar-refractivity contribution in [3.63, 3.8) is 0 Å². The number of piperazine rings is 1. The van der Waals surface area contributed by atoms with Gasteiger partial charge in [0.2, 0.25) is 0 Å². The summed E-state index contributed by atoms with van der Waals surface area (Å²) in [6, 6.07) is 13.5. The first-order chi connectivity index (χ1) is 14.0. The van der Waals surface area contributed by atoms with Crippen molar-refractivity contribution in [1.82, 2.24) is 19.4 Å². The lowest BCUT2D eigenvalue weighted by atomic mass is 10.1. The van der Waals surface area contributed by atoms with Crippen LogP contribution in [0.4, 0.5) is 8.78 Å². The maximum absolute atomic E-state index is 13.7. The molecule has 29 heavy (non-hydrogen) atoms. The number of halogens is 3. The Morgan fingerprint density at radius 1 is 1.07 bits per heavy atom. The second-order valence-corrected chi connectivity index (χ2v) is 7.56. The highest BCUT2D eigenvalue weighted by Gasteiger charge is 2.29. The first-order valence-corrected chi connectivity index (χ1v) is 9.87. The lowest BCUT2D eigenvalue weighted by molar-refractivity contribution is 0.0495. The van der Waals surface area contributed by atoms with Crippen molar-refractivity contribution >= 4 is 28.5 Å². The Kier molecular flexibility index (Phi) is 5.52. The first kappa shape index (κ1) is 19.8. The SMILES string of the molecule is CC(c1nc2ccccc2n1C(F)F)N1CCN(C(=O)c2cccc(Cl)c2)CC1. The van der Waals surface area contributed by atoms with Crippen LogP contribution in [0.2, 0.25) is 5.02 Å². The first-order valence-electron chi connectivity index (χ1n) is 9.49. The third-order valence-corrected chi connectivity index (χ3v) is 5.65. The number of carbonyl (C=O) groups is 1. The van der Waals surface area contributed by atoms with E-state index in [0.717, 1.165) is 4.57 Å². The third kappa shape index (κ3) is 3.84. The van der Waals surface area contributed by atoms with Gasteiger partial charge in [0, 0.05) is 36.8 Å². The molecule has 8 heteroatoms. The van der Waals surface area contributed by atoms with E-state index >= 15 is 0 Å². The maximum Gasteiger partial charge on any atom is 0.320 e. The highest BCUT2D eigenvalue weighted by Crippen LogP contribution is 2.30. The third-order valence-electron chi connectivity index (χ3n) is 5.41. The number of para-hydroxylation sites is 2. The van der Waals surface area contributed by atoms with Gasteiger partial charge in [0.15, 0.2) is 0 Å². The minimum Gasteiger partial charge on any atom is -0.336 e. The van der Waals surface area contributed by atoms with Gasteiger partial charge in [0.05, 0.1) is 17.1 Å². The Morgan fingerprint density at radius 3 is 2.48 bits per heavy atom. The van der Waals surface area contributed by atoms with Crippen LogP contribution < -0.4 is 0 Å². The Labute approximate surface area is 172 Å². The zero-order chi connectivity index (χ0) is 20.5. The molecule has 152 valence electrons. The van der Waals surface area contributed by atoms with Gasteiger partial charge in [-0.15, -0.1) is 0 Å². The van der Waals surface area contributed by atoms with E-state index in [1.54, 1.807) is 53.4 Å². The van der Waals surface area contributed by atoms with E-state index in [1.165, 1.54) is 0 Å². The van der Waals surface area contributed by atoms with Crippen molar-refractivity contribution in [3.05, 3.63) is 64.9 Å². The molecule has 5 nitrogen and oxygen atoms in total. The molecular weight excluding hydrogens is 398 g/mol. The number of rotatable bonds is 4. The van der Waals surface area contributed by atoms with Gasteiger partial charge in [-0.2, -0.15) is 8.78 Å². The fourth-order valence-corrected chi connectivity index (χ4v) is 4.03. The van der Waals surface area contributed by atoms with Crippen LogP contribution in [0.5, 0.6) is 0 Å². The second kappa shape index (κ2) is 8.08. The van der Waals surface area contributed by atoms with Gasteiger partial charge in [-0.3, -0.25) is 14.3 Å². The fourth-order valence-electron chi connectivity index (χ4n) is 3.84. The minimum absolute atomic E-state index is 0.0698. The molecule has 2 aromatic carbocycles. The molecule has 2 heterocycles. The minimum atomic E-state index is -2.66. The summed E-state index contributed by atoms with van der Waals surface area (Å²) >= 11 is 5.98. The fraction of sp³-hybridized carbons (Fsp3) is 0.333. The van der Waals surface area contributed by atoms with Crippen LogP contribution in [-0.2, 0) is 0 Å². The summed E-state index contributed by atoms with van der Waals surface area (Å²) in [7, 11) is 0. The molecular formula is C21H21ClF2N4O. The zero-order valence-electron chi connectivity index (χ0n) is 15.9. The standard InChI is InChI=1S/C21H21ClF2N4O/c1-14(19-25-17-7-2-3-8-18(17)28(19)21(23)24)26-9-11-27(12-10-26)20(29)15-5-4-6-16(22)13-15/h2-8,13-14,21H,9-12H2,1H3. The molecule has 1 aliphatic rings. The van der Waals surface area contributed by atoms with Crippen molar-refractivity contribution in [3.8, 4) is 0 Å². The van der Waals surface area contributed by atoms with E-state index in [-0.39, 0.29) is 11.9 Å². The second-order valence-electron chi connectivity index (χ2n) is 7.12. The van der Waals surface area contributed by atoms with Crippen molar-refractivity contribution in [2.75, 3.05) is 26.2 Å². The van der Waals surface area contributed by atoms with Crippen LogP contribution in [0, 0.1) is 0 Å². The molecule has 1 aliphatic heterocycles. The summed E-state index contributed by atoms with van der Waals surface area (Å²) < 4.78 is 28.5. The number of fused-ring (bicyclic) bond motifs is 1. The van der Waals surface area contributed by atoms with Crippen molar-refractivity contribution < 1.29 is 13.6 Å². The summed E-state index contributed by atoms with van der Waals surface area (Å²) in [5.41, 5.74) is 1.54. The average molecular weight is 419 g/mol. The molecule has 1 aromatic heterocycles. The molecule has 0 spiro atoms. The van der Waals surface area contributed by atoms with Crippen LogP contribution in [0.15, 0.2) is 48.5 Å². The molecule has 0 bridgehead atoms. The smallest absolute Gasteiger partial charge is 0.320 e. The number of carbonyl (C=O) groups excluding carboxylic acids is 1. The van der Waals surface area contributed by atoms with Crippen LogP contribution >= 0.6 is 11.6 Å². The summed E-state index contributed by atoms with van der Waals surface area (Å²) in [6.07, 6.45) is 0. The number of hydrogen-bond donors (Lipinski definition) is 0. The molecule has 0 saturated carbocycles. The maximum atomic E-state index is 13.7. The molecule has 0 N–H and O–H groups in total. The molecule has 3 aromatic rings. The van der Waals surface area contributed by atoms with E-state index < -0.39 is 6.55 Å². The molecule has 0 aliphatic carbocycles. The van der Waals surface area contributed by atoms with Crippen LogP contribution in [0.25, 0.3) is 11.0 Å². The number of imidazole rings is 1. The van der Waals surface area contributed by atoms with Crippen LogP contribution in [0.3, 0.4) is 0 Å². The summed E-state index contributed by atoms with van der Waals surface area (Å²) in [4.78, 5) is 21.0. The molecule has 1 atom stereocenters. The van der Waals surface area contributed by atoms with Crippen molar-refractivity contribution in [2.45, 2.75) is 19.5 Å². The molecule has 1 unspecified atom stereocenters. The van der Waals surface area contributed by atoms with Gasteiger partial charge in [0.25, 0.3) is 5.91 Å². The number of alkyl halides is 2. The predicted molar refractivity (Wildman–Crippen MR) is 108 cm³/mol. The topological polar surface area (TPSA) is 41.4 Å². The Balaban J connectivity index is 1.50. The van der Waals surface area contributed by atoms with E-state index in [0.29, 0.717) is 53.6 Å². The Hall–Kier alpha value is -2.51. The van der Waals surface area contributed by atoms with Crippen LogP contribution in [0.1, 0.15) is 35.7 Å². The lowest BCUT2D eigenvalue weighted by Crippen LogP contribution is -2.49. The molecule has 4 rings (SSSR count). The largest absolute Gasteiger partial charge is 0.336 e. The monoisotopic (exact) mass is 418 g/mol. The summed E-state index contributed by atoms with van der Waals surface area (Å²) in [5, 5.41) is 0.522.